The summed E-state index contributed by atoms with van der Waals surface area (Å²) in [5.41, 5.74) is 2.40. The number of benzene rings is 2. The standard InChI is InChI=1S/C19H26N4O3S/c1-4-26-18-12-8-6-10-16(18)14-22-19(20-2)21-13-15-9-5-7-11-17(15)23-27(3,24)25/h5-12,23H,4,13-14H2,1-3H3,(H2,20,21,22). The van der Waals surface area contributed by atoms with Crippen LogP contribution in [0, 0.1) is 0 Å². The number of nitrogens with one attached hydrogen (secondary N) is 3. The summed E-state index contributed by atoms with van der Waals surface area (Å²) in [5, 5.41) is 6.44. The number of guanidine groups is 1. The average Bonchev–Trinajstić information content (AvgIpc) is 2.63. The molecule has 0 saturated carbocycles. The molecule has 2 aromatic carbocycles. The van der Waals surface area contributed by atoms with Crippen molar-refractivity contribution in [3.8, 4) is 5.75 Å². The Balaban J connectivity index is 1.99. The summed E-state index contributed by atoms with van der Waals surface area (Å²) in [4.78, 5) is 4.21. The Morgan fingerprint density at radius 3 is 2.22 bits per heavy atom. The second-order valence-corrected chi connectivity index (χ2v) is 7.60. The molecule has 3 N–H and O–H groups in total. The molecule has 2 rings (SSSR count). The molecule has 0 saturated heterocycles. The van der Waals surface area contributed by atoms with Gasteiger partial charge in [0, 0.05) is 25.7 Å². The lowest BCUT2D eigenvalue weighted by atomic mass is 10.2. The maximum atomic E-state index is 11.5. The van der Waals surface area contributed by atoms with Crippen molar-refractivity contribution in [2.45, 2.75) is 20.0 Å². The first-order valence-corrected chi connectivity index (χ1v) is 10.5. The summed E-state index contributed by atoms with van der Waals surface area (Å²) in [6.07, 6.45) is 1.13. The van der Waals surface area contributed by atoms with Gasteiger partial charge in [0.15, 0.2) is 5.96 Å². The molecule has 0 aromatic heterocycles. The largest absolute Gasteiger partial charge is 0.494 e. The van der Waals surface area contributed by atoms with E-state index in [1.54, 1.807) is 19.2 Å². The topological polar surface area (TPSA) is 91.8 Å². The molecule has 8 heteroatoms. The second-order valence-electron chi connectivity index (χ2n) is 5.85. The molecule has 0 radical (unpaired) electrons. The van der Waals surface area contributed by atoms with Gasteiger partial charge in [-0.15, -0.1) is 0 Å². The molecule has 0 aliphatic rings. The maximum absolute atomic E-state index is 11.5. The van der Waals surface area contributed by atoms with E-state index in [2.05, 4.69) is 20.3 Å². The molecule has 0 bridgehead atoms. The van der Waals surface area contributed by atoms with E-state index in [4.69, 9.17) is 4.74 Å². The van der Waals surface area contributed by atoms with Gasteiger partial charge < -0.3 is 15.4 Å². The van der Waals surface area contributed by atoms with E-state index in [-0.39, 0.29) is 0 Å². The smallest absolute Gasteiger partial charge is 0.229 e. The fourth-order valence-electron chi connectivity index (χ4n) is 2.50. The number of ether oxygens (including phenoxy) is 1. The molecular weight excluding hydrogens is 364 g/mol. The monoisotopic (exact) mass is 390 g/mol. The van der Waals surface area contributed by atoms with E-state index in [0.717, 1.165) is 23.1 Å². The van der Waals surface area contributed by atoms with Gasteiger partial charge in [-0.3, -0.25) is 9.71 Å². The molecule has 0 amide bonds. The number of aliphatic imine (C=N–C) groups is 1. The highest BCUT2D eigenvalue weighted by Crippen LogP contribution is 2.18. The molecule has 0 fully saturated rings. The molecule has 0 atom stereocenters. The second kappa shape index (κ2) is 9.82. The number of rotatable bonds is 8. The Labute approximate surface area is 160 Å². The van der Waals surface area contributed by atoms with Crippen molar-refractivity contribution < 1.29 is 13.2 Å². The van der Waals surface area contributed by atoms with Crippen LogP contribution in [0.5, 0.6) is 5.75 Å². The zero-order chi connectivity index (χ0) is 19.7. The van der Waals surface area contributed by atoms with Crippen LogP contribution in [0.4, 0.5) is 5.69 Å². The van der Waals surface area contributed by atoms with Crippen LogP contribution in [0.3, 0.4) is 0 Å². The predicted octanol–water partition coefficient (Wildman–Crippen LogP) is 2.32. The molecular formula is C19H26N4O3S. The Morgan fingerprint density at radius 2 is 1.59 bits per heavy atom. The van der Waals surface area contributed by atoms with Crippen molar-refractivity contribution in [2.24, 2.45) is 4.99 Å². The van der Waals surface area contributed by atoms with Gasteiger partial charge in [0.25, 0.3) is 0 Å². The third-order valence-corrected chi connectivity index (χ3v) is 4.29. The SMILES string of the molecule is CCOc1ccccc1CNC(=NC)NCc1ccccc1NS(C)(=O)=O. The molecule has 0 spiro atoms. The fourth-order valence-corrected chi connectivity index (χ4v) is 3.10. The van der Waals surface area contributed by atoms with Crippen molar-refractivity contribution in [3.05, 3.63) is 59.7 Å². The third kappa shape index (κ3) is 6.82. The Morgan fingerprint density at radius 1 is 1.00 bits per heavy atom. The third-order valence-electron chi connectivity index (χ3n) is 3.70. The number of para-hydroxylation sites is 2. The highest BCUT2D eigenvalue weighted by molar-refractivity contribution is 7.92. The van der Waals surface area contributed by atoms with Crippen LogP contribution in [0.15, 0.2) is 53.5 Å². The summed E-state index contributed by atoms with van der Waals surface area (Å²) >= 11 is 0. The van der Waals surface area contributed by atoms with Crippen molar-refractivity contribution >= 4 is 21.7 Å². The lowest BCUT2D eigenvalue weighted by Gasteiger charge is -2.16. The zero-order valence-corrected chi connectivity index (χ0v) is 16.6. The summed E-state index contributed by atoms with van der Waals surface area (Å²) in [5.74, 6) is 1.45. The van der Waals surface area contributed by atoms with Gasteiger partial charge in [-0.05, 0) is 24.6 Å². The predicted molar refractivity (Wildman–Crippen MR) is 110 cm³/mol. The molecule has 0 aliphatic carbocycles. The average molecular weight is 391 g/mol. The number of hydrogen-bond acceptors (Lipinski definition) is 4. The normalized spacial score (nSPS) is 11.7. The summed E-state index contributed by atoms with van der Waals surface area (Å²) in [6.45, 7) is 3.53. The van der Waals surface area contributed by atoms with Crippen LogP contribution in [-0.2, 0) is 23.1 Å². The molecule has 7 nitrogen and oxygen atoms in total. The van der Waals surface area contributed by atoms with Gasteiger partial charge in [-0.25, -0.2) is 8.42 Å². The van der Waals surface area contributed by atoms with Gasteiger partial charge >= 0.3 is 0 Å². The van der Waals surface area contributed by atoms with Gasteiger partial charge in [0.1, 0.15) is 5.75 Å². The van der Waals surface area contributed by atoms with E-state index in [1.165, 1.54) is 0 Å². The highest BCUT2D eigenvalue weighted by atomic mass is 32.2. The lowest BCUT2D eigenvalue weighted by Crippen LogP contribution is -2.36. The van der Waals surface area contributed by atoms with Gasteiger partial charge in [-0.2, -0.15) is 0 Å². The Hall–Kier alpha value is -2.74. The fraction of sp³-hybridized carbons (Fsp3) is 0.316. The molecule has 146 valence electrons. The minimum Gasteiger partial charge on any atom is -0.494 e. The van der Waals surface area contributed by atoms with Crippen LogP contribution in [0.25, 0.3) is 0 Å². The zero-order valence-electron chi connectivity index (χ0n) is 15.8. The number of anilines is 1. The number of hydrogen-bond donors (Lipinski definition) is 3. The van der Waals surface area contributed by atoms with Crippen molar-refractivity contribution in [3.63, 3.8) is 0 Å². The van der Waals surface area contributed by atoms with E-state index in [0.29, 0.717) is 31.3 Å². The lowest BCUT2D eigenvalue weighted by molar-refractivity contribution is 0.336. The van der Waals surface area contributed by atoms with Crippen molar-refractivity contribution in [2.75, 3.05) is 24.6 Å². The van der Waals surface area contributed by atoms with E-state index in [1.807, 2.05) is 43.3 Å². The minimum absolute atomic E-state index is 0.422. The van der Waals surface area contributed by atoms with Gasteiger partial charge in [0.2, 0.25) is 10.0 Å². The molecule has 0 unspecified atom stereocenters. The Bertz CT molecular complexity index is 882. The van der Waals surface area contributed by atoms with Crippen LogP contribution < -0.4 is 20.1 Å². The van der Waals surface area contributed by atoms with E-state index < -0.39 is 10.0 Å². The quantitative estimate of drug-likeness (QED) is 0.475. The molecule has 0 heterocycles. The van der Waals surface area contributed by atoms with Crippen LogP contribution in [-0.4, -0.2) is 34.3 Å². The first-order valence-electron chi connectivity index (χ1n) is 8.64. The summed E-state index contributed by atoms with van der Waals surface area (Å²) < 4.78 is 31.2. The van der Waals surface area contributed by atoms with Gasteiger partial charge in [0.05, 0.1) is 18.6 Å². The van der Waals surface area contributed by atoms with E-state index >= 15 is 0 Å². The minimum atomic E-state index is -3.34. The first-order chi connectivity index (χ1) is 12.9. The molecule has 0 aliphatic heterocycles. The highest BCUT2D eigenvalue weighted by Gasteiger charge is 2.08. The number of sulfonamides is 1. The van der Waals surface area contributed by atoms with Crippen LogP contribution >= 0.6 is 0 Å². The summed E-state index contributed by atoms with van der Waals surface area (Å²) in [6, 6.07) is 15.1. The van der Waals surface area contributed by atoms with Crippen molar-refractivity contribution in [1.82, 2.24) is 10.6 Å². The molecule has 27 heavy (non-hydrogen) atoms. The van der Waals surface area contributed by atoms with Crippen LogP contribution in [0.1, 0.15) is 18.1 Å². The Kier molecular flexibility index (Phi) is 7.48. The molecule has 2 aromatic rings. The number of nitrogens with zero attached hydrogens (tertiary/aromatic N) is 1. The van der Waals surface area contributed by atoms with Gasteiger partial charge in [-0.1, -0.05) is 36.4 Å². The maximum Gasteiger partial charge on any atom is 0.229 e. The van der Waals surface area contributed by atoms with E-state index in [9.17, 15) is 8.42 Å². The van der Waals surface area contributed by atoms with Crippen LogP contribution in [0.2, 0.25) is 0 Å². The first kappa shape index (κ1) is 20.6. The van der Waals surface area contributed by atoms with Crippen molar-refractivity contribution in [1.29, 1.82) is 0 Å². The summed E-state index contributed by atoms with van der Waals surface area (Å²) in [7, 11) is -1.65.